The monoisotopic (exact) mass is 492 g/mol. The van der Waals surface area contributed by atoms with E-state index in [9.17, 15) is 35.4 Å². The van der Waals surface area contributed by atoms with Gasteiger partial charge in [-0.25, -0.2) is 0 Å². The van der Waals surface area contributed by atoms with Crippen LogP contribution in [-0.2, 0) is 4.74 Å². The van der Waals surface area contributed by atoms with Crippen molar-refractivity contribution in [3.63, 3.8) is 0 Å². The number of hydrogen-bond acceptors (Lipinski definition) is 12. The molecule has 1 saturated heterocycles. The average molecular weight is 492 g/mol. The summed E-state index contributed by atoms with van der Waals surface area (Å²) < 4.78 is 26.6. The maximum absolute atomic E-state index is 13.2. The Morgan fingerprint density at radius 2 is 1.69 bits per heavy atom. The molecule has 12 nitrogen and oxygen atoms in total. The normalized spacial score (nSPS) is 24.3. The number of benzene rings is 2. The Morgan fingerprint density at radius 3 is 2.34 bits per heavy atom. The molecule has 4 rings (SSSR count). The van der Waals surface area contributed by atoms with Crippen molar-refractivity contribution in [1.29, 1.82) is 0 Å². The minimum absolute atomic E-state index is 0.0201. The number of phenolic OH excluding ortho intramolecular Hbond substituents is 2. The molecule has 188 valence electrons. The van der Waals surface area contributed by atoms with Crippen LogP contribution in [0, 0.1) is 0 Å². The molecule has 2 aromatic carbocycles. The summed E-state index contributed by atoms with van der Waals surface area (Å²) in [5.41, 5.74) is -0.415. The first kappa shape index (κ1) is 24.6. The van der Waals surface area contributed by atoms with Gasteiger partial charge in [0.05, 0.1) is 26.4 Å². The molecular weight excluding hydrogens is 468 g/mol. The molecule has 1 fully saturated rings. The van der Waals surface area contributed by atoms with Crippen LogP contribution in [0.1, 0.15) is 0 Å². The molecule has 2 heterocycles. The van der Waals surface area contributed by atoms with E-state index in [0.717, 1.165) is 12.3 Å². The maximum Gasteiger partial charge on any atom is 0.229 e. The highest BCUT2D eigenvalue weighted by Crippen LogP contribution is 2.40. The Bertz CT molecular complexity index is 1280. The first-order valence-electron chi connectivity index (χ1n) is 10.4. The summed E-state index contributed by atoms with van der Waals surface area (Å²) in [6.07, 6.45) is -6.44. The second-order valence-electron chi connectivity index (χ2n) is 7.84. The lowest BCUT2D eigenvalue weighted by Crippen LogP contribution is -2.60. The molecule has 0 amide bonds. The molecule has 12 heteroatoms. The zero-order valence-corrected chi connectivity index (χ0v) is 18.6. The van der Waals surface area contributed by atoms with Crippen molar-refractivity contribution in [3.8, 4) is 39.9 Å². The average Bonchev–Trinajstić information content (AvgIpc) is 2.83. The van der Waals surface area contributed by atoms with E-state index in [-0.39, 0.29) is 45.1 Å². The number of ether oxygens (including phenoxy) is 4. The van der Waals surface area contributed by atoms with Crippen LogP contribution >= 0.6 is 0 Å². The molecule has 0 saturated carbocycles. The summed E-state index contributed by atoms with van der Waals surface area (Å²) in [5.74, 6) is -0.607. The van der Waals surface area contributed by atoms with Crippen LogP contribution in [0.5, 0.6) is 28.7 Å². The first-order valence-corrected chi connectivity index (χ1v) is 10.4. The van der Waals surface area contributed by atoms with Crippen LogP contribution in [-0.4, -0.2) is 82.2 Å². The van der Waals surface area contributed by atoms with Crippen LogP contribution in [0.3, 0.4) is 0 Å². The van der Waals surface area contributed by atoms with Crippen molar-refractivity contribution in [2.75, 3.05) is 20.8 Å². The van der Waals surface area contributed by atoms with Gasteiger partial charge in [0, 0.05) is 12.1 Å². The summed E-state index contributed by atoms with van der Waals surface area (Å²) in [6, 6.07) is 5.08. The van der Waals surface area contributed by atoms with Crippen LogP contribution in [0.25, 0.3) is 22.1 Å². The zero-order valence-electron chi connectivity index (χ0n) is 18.6. The summed E-state index contributed by atoms with van der Waals surface area (Å²) in [7, 11) is 2.72. The van der Waals surface area contributed by atoms with Crippen molar-refractivity contribution < 1.29 is 54.0 Å². The molecule has 3 aromatic rings. The van der Waals surface area contributed by atoms with E-state index < -0.39 is 48.5 Å². The fourth-order valence-corrected chi connectivity index (χ4v) is 3.87. The van der Waals surface area contributed by atoms with Gasteiger partial charge in [-0.15, -0.1) is 0 Å². The van der Waals surface area contributed by atoms with E-state index in [1.807, 2.05) is 0 Å². The van der Waals surface area contributed by atoms with Crippen molar-refractivity contribution in [2.45, 2.75) is 30.7 Å². The smallest absolute Gasteiger partial charge is 0.229 e. The van der Waals surface area contributed by atoms with Gasteiger partial charge in [0.1, 0.15) is 53.1 Å². The van der Waals surface area contributed by atoms with Crippen LogP contribution in [0.4, 0.5) is 0 Å². The van der Waals surface area contributed by atoms with E-state index in [4.69, 9.17) is 23.4 Å². The molecule has 35 heavy (non-hydrogen) atoms. The highest BCUT2D eigenvalue weighted by Gasteiger charge is 2.44. The molecule has 5 atom stereocenters. The largest absolute Gasteiger partial charge is 0.507 e. The molecule has 1 aliphatic heterocycles. The number of methoxy groups -OCH3 is 2. The summed E-state index contributed by atoms with van der Waals surface area (Å²) >= 11 is 0. The van der Waals surface area contributed by atoms with Crippen molar-refractivity contribution in [2.24, 2.45) is 0 Å². The highest BCUT2D eigenvalue weighted by atomic mass is 16.7. The van der Waals surface area contributed by atoms with Gasteiger partial charge in [0.2, 0.25) is 17.5 Å². The predicted octanol–water partition coefficient (Wildman–Crippen LogP) is 0.0671. The quantitative estimate of drug-likeness (QED) is 0.272. The van der Waals surface area contributed by atoms with Crippen LogP contribution < -0.4 is 19.6 Å². The molecule has 0 spiro atoms. The van der Waals surface area contributed by atoms with Gasteiger partial charge < -0.3 is 54.0 Å². The van der Waals surface area contributed by atoms with Crippen LogP contribution in [0.2, 0.25) is 0 Å². The van der Waals surface area contributed by atoms with Crippen molar-refractivity contribution >= 4 is 11.0 Å². The summed E-state index contributed by atoms with van der Waals surface area (Å²) in [4.78, 5) is 13.2. The molecule has 1 aromatic heterocycles. The molecule has 6 N–H and O–H groups in total. The lowest BCUT2D eigenvalue weighted by molar-refractivity contribution is -0.277. The van der Waals surface area contributed by atoms with Gasteiger partial charge in [-0.1, -0.05) is 0 Å². The SMILES string of the molecule is COc1cc(-c2coc3cc(O[C@H]4O[C@@H](CO)[C@H](O)[C@@H](O)[C@@H]4O)cc(O)c3c2=O)cc(O)c1OC. The fourth-order valence-electron chi connectivity index (χ4n) is 3.87. The lowest BCUT2D eigenvalue weighted by Gasteiger charge is -2.39. The molecule has 0 bridgehead atoms. The maximum atomic E-state index is 13.2. The highest BCUT2D eigenvalue weighted by molar-refractivity contribution is 5.88. The summed E-state index contributed by atoms with van der Waals surface area (Å²) in [6.45, 7) is -0.642. The molecule has 1 aliphatic rings. The third kappa shape index (κ3) is 4.33. The van der Waals surface area contributed by atoms with Crippen molar-refractivity contribution in [3.05, 3.63) is 40.8 Å². The number of aliphatic hydroxyl groups is 4. The van der Waals surface area contributed by atoms with Crippen LogP contribution in [0.15, 0.2) is 39.7 Å². The zero-order chi connectivity index (χ0) is 25.4. The van der Waals surface area contributed by atoms with Gasteiger partial charge in [0.25, 0.3) is 0 Å². The Balaban J connectivity index is 1.71. The van der Waals surface area contributed by atoms with Crippen molar-refractivity contribution in [1.82, 2.24) is 0 Å². The Kier molecular flexibility index (Phi) is 6.74. The predicted molar refractivity (Wildman–Crippen MR) is 119 cm³/mol. The Hall–Kier alpha value is -3.55. The van der Waals surface area contributed by atoms with E-state index in [1.54, 1.807) is 0 Å². The molecule has 0 aliphatic carbocycles. The molecule has 0 radical (unpaired) electrons. The van der Waals surface area contributed by atoms with Gasteiger partial charge in [-0.2, -0.15) is 0 Å². The minimum atomic E-state index is -1.67. The molecule has 0 unspecified atom stereocenters. The second-order valence-corrected chi connectivity index (χ2v) is 7.84. The van der Waals surface area contributed by atoms with Gasteiger partial charge in [0.15, 0.2) is 11.5 Å². The Labute approximate surface area is 197 Å². The van der Waals surface area contributed by atoms with E-state index in [0.29, 0.717) is 0 Å². The van der Waals surface area contributed by atoms with E-state index >= 15 is 0 Å². The summed E-state index contributed by atoms with van der Waals surface area (Å²) in [5, 5.41) is 59.9. The Morgan fingerprint density at radius 1 is 0.943 bits per heavy atom. The number of aliphatic hydroxyl groups excluding tert-OH is 4. The molecular formula is C23H24O12. The number of phenols is 2. The second kappa shape index (κ2) is 9.60. The third-order valence-corrected chi connectivity index (χ3v) is 5.70. The number of rotatable bonds is 6. The number of hydrogen-bond donors (Lipinski definition) is 6. The number of aromatic hydroxyl groups is 2. The minimum Gasteiger partial charge on any atom is -0.507 e. The standard InChI is InChI=1S/C23H24O12/c1-31-15-4-9(3-13(26)22(15)32-2)11-8-33-14-6-10(5-12(25)17(14)18(11)27)34-23-21(30)20(29)19(28)16(7-24)35-23/h3-6,8,16,19-21,23-26,28-30H,7H2,1-2H3/t16-,19-,20+,21-,23-/m0/s1. The topological polar surface area (TPSA) is 189 Å². The van der Waals surface area contributed by atoms with Gasteiger partial charge in [-0.05, 0) is 17.7 Å². The number of fused-ring (bicyclic) bond motifs is 1. The third-order valence-electron chi connectivity index (χ3n) is 5.70. The van der Waals surface area contributed by atoms with E-state index in [1.165, 1.54) is 32.4 Å². The first-order chi connectivity index (χ1) is 16.7. The van der Waals surface area contributed by atoms with E-state index in [2.05, 4.69) is 0 Å². The van der Waals surface area contributed by atoms with Gasteiger partial charge in [-0.3, -0.25) is 4.79 Å². The lowest BCUT2D eigenvalue weighted by atomic mass is 9.99. The van der Waals surface area contributed by atoms with Gasteiger partial charge >= 0.3 is 0 Å². The fraction of sp³-hybridized carbons (Fsp3) is 0.348.